The Hall–Kier alpha value is -2.50. The second-order valence-corrected chi connectivity index (χ2v) is 7.83. The van der Waals surface area contributed by atoms with Crippen LogP contribution in [0.3, 0.4) is 0 Å². The molecule has 3 rings (SSSR count). The van der Waals surface area contributed by atoms with Crippen LogP contribution in [0, 0.1) is 13.8 Å². The smallest absolute Gasteiger partial charge is 0.223 e. The summed E-state index contributed by atoms with van der Waals surface area (Å²) in [5.74, 6) is 0.0523. The summed E-state index contributed by atoms with van der Waals surface area (Å²) in [6, 6.07) is 15.3. The number of nitrogens with zero attached hydrogens (tertiary/aromatic N) is 2. The number of rotatable bonds is 7. The summed E-state index contributed by atoms with van der Waals surface area (Å²) >= 11 is 0. The summed E-state index contributed by atoms with van der Waals surface area (Å²) in [6.07, 6.45) is -0.0267. The van der Waals surface area contributed by atoms with Crippen molar-refractivity contribution < 1.29 is 14.7 Å². The Kier molecular flexibility index (Phi) is 7.18. The van der Waals surface area contributed by atoms with Gasteiger partial charge in [0.1, 0.15) is 0 Å². The Balaban J connectivity index is 1.42. The van der Waals surface area contributed by atoms with Crippen molar-refractivity contribution in [3.63, 3.8) is 0 Å². The number of carbonyl (C=O) groups is 2. The van der Waals surface area contributed by atoms with E-state index in [1.165, 1.54) is 0 Å². The van der Waals surface area contributed by atoms with Gasteiger partial charge in [0.25, 0.3) is 0 Å². The average Bonchev–Trinajstić information content (AvgIpc) is 2.74. The number of β-amino-alcohol motifs (C(OH)–C–C–N with tert-alkyl or cyclic N) is 1. The minimum absolute atomic E-state index is 0.0195. The number of aryl methyl sites for hydroxylation is 2. The van der Waals surface area contributed by atoms with Crippen molar-refractivity contribution in [2.75, 3.05) is 32.7 Å². The van der Waals surface area contributed by atoms with Gasteiger partial charge in [-0.25, -0.2) is 0 Å². The predicted molar refractivity (Wildman–Crippen MR) is 114 cm³/mol. The van der Waals surface area contributed by atoms with E-state index < -0.39 is 6.10 Å². The molecule has 1 saturated heterocycles. The minimum atomic E-state index is -0.519. The second kappa shape index (κ2) is 9.81. The molecule has 0 aromatic heterocycles. The van der Waals surface area contributed by atoms with Gasteiger partial charge < -0.3 is 10.0 Å². The molecule has 1 atom stereocenters. The number of benzene rings is 2. The average molecular weight is 395 g/mol. The van der Waals surface area contributed by atoms with E-state index >= 15 is 0 Å². The van der Waals surface area contributed by atoms with Gasteiger partial charge >= 0.3 is 0 Å². The van der Waals surface area contributed by atoms with Gasteiger partial charge in [0.05, 0.1) is 6.10 Å². The Morgan fingerprint density at radius 1 is 0.931 bits per heavy atom. The first-order valence-electron chi connectivity index (χ1n) is 10.3. The number of Topliss-reactive ketones (excluding diaryl/α,β-unsaturated/α-hetero) is 1. The molecule has 154 valence electrons. The molecule has 1 aliphatic heterocycles. The van der Waals surface area contributed by atoms with Crippen LogP contribution >= 0.6 is 0 Å². The summed E-state index contributed by atoms with van der Waals surface area (Å²) in [5, 5.41) is 10.4. The van der Waals surface area contributed by atoms with Gasteiger partial charge in [-0.1, -0.05) is 42.5 Å². The number of aliphatic hydroxyl groups excluding tert-OH is 1. The van der Waals surface area contributed by atoms with Crippen LogP contribution in [0.4, 0.5) is 0 Å². The lowest BCUT2D eigenvalue weighted by Gasteiger charge is -2.35. The van der Waals surface area contributed by atoms with E-state index in [4.69, 9.17) is 0 Å². The van der Waals surface area contributed by atoms with Crippen molar-refractivity contribution in [2.24, 2.45) is 0 Å². The summed E-state index contributed by atoms with van der Waals surface area (Å²) in [6.45, 7) is 7.33. The molecule has 1 heterocycles. The first kappa shape index (κ1) is 21.2. The van der Waals surface area contributed by atoms with E-state index in [9.17, 15) is 14.7 Å². The molecule has 1 aliphatic rings. The Bertz CT molecular complexity index is 842. The lowest BCUT2D eigenvalue weighted by atomic mass is 10.0. The quantitative estimate of drug-likeness (QED) is 0.733. The molecule has 0 spiro atoms. The molecular weight excluding hydrogens is 364 g/mol. The van der Waals surface area contributed by atoms with Crippen LogP contribution < -0.4 is 0 Å². The third-order valence-corrected chi connectivity index (χ3v) is 5.74. The van der Waals surface area contributed by atoms with Gasteiger partial charge in [-0.15, -0.1) is 0 Å². The molecule has 2 aromatic rings. The van der Waals surface area contributed by atoms with Gasteiger partial charge in [0.2, 0.25) is 5.91 Å². The summed E-state index contributed by atoms with van der Waals surface area (Å²) < 4.78 is 0. The first-order valence-corrected chi connectivity index (χ1v) is 10.3. The molecule has 0 radical (unpaired) electrons. The first-order chi connectivity index (χ1) is 13.9. The van der Waals surface area contributed by atoms with E-state index in [2.05, 4.69) is 4.90 Å². The lowest BCUT2D eigenvalue weighted by molar-refractivity contribution is -0.133. The molecule has 1 N–H and O–H groups in total. The van der Waals surface area contributed by atoms with Crippen LogP contribution in [0.25, 0.3) is 0 Å². The number of piperazine rings is 1. The van der Waals surface area contributed by atoms with E-state index in [1.54, 1.807) is 0 Å². The molecule has 0 saturated carbocycles. The van der Waals surface area contributed by atoms with Crippen LogP contribution in [0.2, 0.25) is 0 Å². The Morgan fingerprint density at radius 3 is 2.28 bits per heavy atom. The van der Waals surface area contributed by atoms with Crippen molar-refractivity contribution in [2.45, 2.75) is 32.8 Å². The SMILES string of the molecule is Cc1ccc(C(=O)CCC(=O)N2CCN(CC(O)c3ccccc3)CC2)cc1C. The van der Waals surface area contributed by atoms with Crippen molar-refractivity contribution in [3.05, 3.63) is 70.8 Å². The monoisotopic (exact) mass is 394 g/mol. The maximum atomic E-state index is 12.5. The standard InChI is InChI=1S/C24H30N2O3/c1-18-8-9-21(16-19(18)2)22(27)10-11-24(29)26-14-12-25(13-15-26)17-23(28)20-6-4-3-5-7-20/h3-9,16,23,28H,10-15,17H2,1-2H3. The second-order valence-electron chi connectivity index (χ2n) is 7.83. The molecule has 0 aliphatic carbocycles. The fourth-order valence-electron chi connectivity index (χ4n) is 3.64. The normalized spacial score (nSPS) is 15.9. The molecule has 1 amide bonds. The van der Waals surface area contributed by atoms with E-state index in [1.807, 2.05) is 67.3 Å². The molecule has 29 heavy (non-hydrogen) atoms. The molecule has 1 fully saturated rings. The van der Waals surface area contributed by atoms with Gasteiger partial charge in [0.15, 0.2) is 5.78 Å². The van der Waals surface area contributed by atoms with Crippen molar-refractivity contribution in [1.82, 2.24) is 9.80 Å². The number of aliphatic hydroxyl groups is 1. The van der Waals surface area contributed by atoms with Gasteiger partial charge in [0, 0.05) is 51.1 Å². The third kappa shape index (κ3) is 5.75. The van der Waals surface area contributed by atoms with E-state index in [-0.39, 0.29) is 24.5 Å². The molecule has 5 heteroatoms. The molecule has 0 bridgehead atoms. The lowest BCUT2D eigenvalue weighted by Crippen LogP contribution is -2.49. The van der Waals surface area contributed by atoms with Gasteiger partial charge in [-0.05, 0) is 36.6 Å². The van der Waals surface area contributed by atoms with Crippen LogP contribution in [-0.4, -0.2) is 59.3 Å². The highest BCUT2D eigenvalue weighted by Gasteiger charge is 2.23. The fraction of sp³-hybridized carbons (Fsp3) is 0.417. The minimum Gasteiger partial charge on any atom is -0.387 e. The Labute approximate surface area is 172 Å². The van der Waals surface area contributed by atoms with Gasteiger partial charge in [-0.2, -0.15) is 0 Å². The number of hydrogen-bond acceptors (Lipinski definition) is 4. The number of ketones is 1. The van der Waals surface area contributed by atoms with Crippen molar-refractivity contribution in [1.29, 1.82) is 0 Å². The van der Waals surface area contributed by atoms with Crippen LogP contribution in [0.5, 0.6) is 0 Å². The highest BCUT2D eigenvalue weighted by Crippen LogP contribution is 2.16. The third-order valence-electron chi connectivity index (χ3n) is 5.74. The largest absolute Gasteiger partial charge is 0.387 e. The van der Waals surface area contributed by atoms with Crippen LogP contribution in [-0.2, 0) is 4.79 Å². The van der Waals surface area contributed by atoms with E-state index in [0.717, 1.165) is 29.8 Å². The van der Waals surface area contributed by atoms with Crippen molar-refractivity contribution >= 4 is 11.7 Å². The molecule has 1 unspecified atom stereocenters. The zero-order chi connectivity index (χ0) is 20.8. The summed E-state index contributed by atoms with van der Waals surface area (Å²) in [4.78, 5) is 28.9. The number of amides is 1. The highest BCUT2D eigenvalue weighted by atomic mass is 16.3. The topological polar surface area (TPSA) is 60.9 Å². The number of hydrogen-bond donors (Lipinski definition) is 1. The summed E-state index contributed by atoms with van der Waals surface area (Å²) in [5.41, 5.74) is 3.85. The Morgan fingerprint density at radius 2 is 1.62 bits per heavy atom. The van der Waals surface area contributed by atoms with E-state index in [0.29, 0.717) is 25.2 Å². The number of carbonyl (C=O) groups excluding carboxylic acids is 2. The fourth-order valence-corrected chi connectivity index (χ4v) is 3.64. The van der Waals surface area contributed by atoms with Crippen molar-refractivity contribution in [3.8, 4) is 0 Å². The molecule has 5 nitrogen and oxygen atoms in total. The predicted octanol–water partition coefficient (Wildman–Crippen LogP) is 3.14. The zero-order valence-corrected chi connectivity index (χ0v) is 17.3. The molecular formula is C24H30N2O3. The zero-order valence-electron chi connectivity index (χ0n) is 17.3. The maximum absolute atomic E-state index is 12.5. The highest BCUT2D eigenvalue weighted by molar-refractivity contribution is 5.98. The maximum Gasteiger partial charge on any atom is 0.223 e. The van der Waals surface area contributed by atoms with Crippen LogP contribution in [0.1, 0.15) is 46.0 Å². The molecule has 2 aromatic carbocycles. The summed E-state index contributed by atoms with van der Waals surface area (Å²) in [7, 11) is 0. The van der Waals surface area contributed by atoms with Crippen LogP contribution in [0.15, 0.2) is 48.5 Å². The van der Waals surface area contributed by atoms with Gasteiger partial charge in [-0.3, -0.25) is 14.5 Å².